The predicted molar refractivity (Wildman–Crippen MR) is 120 cm³/mol. The first-order chi connectivity index (χ1) is 14.6. The Bertz CT molecular complexity index is 1180. The molecule has 3 heterocycles. The van der Waals surface area contributed by atoms with Crippen molar-refractivity contribution in [1.29, 1.82) is 0 Å². The molecule has 1 N–H and O–H groups in total. The smallest absolute Gasteiger partial charge is 0.256 e. The third-order valence-corrected chi connectivity index (χ3v) is 6.28. The molecule has 1 aromatic heterocycles. The highest BCUT2D eigenvalue weighted by molar-refractivity contribution is 6.35. The van der Waals surface area contributed by atoms with E-state index >= 15 is 0 Å². The number of piperidine rings is 1. The third kappa shape index (κ3) is 3.11. The average molecular weight is 399 g/mol. The number of benzene rings is 2. The Kier molecular flexibility index (Phi) is 4.66. The summed E-state index contributed by atoms with van der Waals surface area (Å²) in [4.78, 5) is 27.6. The van der Waals surface area contributed by atoms with E-state index in [0.29, 0.717) is 12.1 Å². The highest BCUT2D eigenvalue weighted by Crippen LogP contribution is 2.35. The summed E-state index contributed by atoms with van der Waals surface area (Å²) in [6, 6.07) is 15.9. The van der Waals surface area contributed by atoms with Gasteiger partial charge >= 0.3 is 0 Å². The molecule has 0 unspecified atom stereocenters. The van der Waals surface area contributed by atoms with Crippen molar-refractivity contribution in [1.82, 2.24) is 9.47 Å². The summed E-state index contributed by atoms with van der Waals surface area (Å²) in [5, 5.41) is 4.00. The Morgan fingerprint density at radius 2 is 1.77 bits per heavy atom. The van der Waals surface area contributed by atoms with Gasteiger partial charge in [-0.15, -0.1) is 0 Å². The van der Waals surface area contributed by atoms with Crippen LogP contribution in [0, 0.1) is 6.92 Å². The maximum absolute atomic E-state index is 13.0. The number of anilines is 1. The van der Waals surface area contributed by atoms with Crippen molar-refractivity contribution in [2.24, 2.45) is 0 Å². The molecule has 0 saturated carbocycles. The maximum atomic E-state index is 13.0. The number of carbonyl (C=O) groups is 2. The lowest BCUT2D eigenvalue weighted by molar-refractivity contribution is -0.132. The molecule has 0 radical (unpaired) electrons. The first-order valence-electron chi connectivity index (χ1n) is 10.6. The molecule has 5 nitrogen and oxygen atoms in total. The molecule has 0 aliphatic carbocycles. The molecule has 2 aliphatic heterocycles. The topological polar surface area (TPSA) is 54.3 Å². The fourth-order valence-corrected chi connectivity index (χ4v) is 4.65. The largest absolute Gasteiger partial charge is 0.341 e. The van der Waals surface area contributed by atoms with Crippen molar-refractivity contribution >= 4 is 40.1 Å². The summed E-state index contributed by atoms with van der Waals surface area (Å²) in [5.74, 6) is 0.0820. The molecule has 3 aromatic rings. The van der Waals surface area contributed by atoms with Crippen LogP contribution in [0.3, 0.4) is 0 Å². The SMILES string of the molecule is Cc1c(/C=C2\C(=O)Nc3ccccc32)c2ccccc2n1CC(=O)N1CCCCC1. The normalized spacial score (nSPS) is 17.4. The number of nitrogens with one attached hydrogen (secondary N) is 1. The van der Waals surface area contributed by atoms with Crippen LogP contribution in [0.15, 0.2) is 48.5 Å². The molecule has 2 aromatic carbocycles. The summed E-state index contributed by atoms with van der Waals surface area (Å²) < 4.78 is 2.09. The molecule has 1 fully saturated rings. The predicted octanol–water partition coefficient (Wildman–Crippen LogP) is 4.45. The zero-order valence-electron chi connectivity index (χ0n) is 17.1. The Hall–Kier alpha value is -3.34. The van der Waals surface area contributed by atoms with Gasteiger partial charge < -0.3 is 14.8 Å². The quantitative estimate of drug-likeness (QED) is 0.662. The number of hydrogen-bond acceptors (Lipinski definition) is 2. The molecule has 0 atom stereocenters. The van der Waals surface area contributed by atoms with Crippen LogP contribution in [-0.4, -0.2) is 34.4 Å². The number of rotatable bonds is 3. The highest BCUT2D eigenvalue weighted by atomic mass is 16.2. The molecule has 5 rings (SSSR count). The zero-order chi connectivity index (χ0) is 20.7. The second-order valence-electron chi connectivity index (χ2n) is 8.10. The highest BCUT2D eigenvalue weighted by Gasteiger charge is 2.25. The Balaban J connectivity index is 1.58. The Morgan fingerprint density at radius 1 is 1.03 bits per heavy atom. The maximum Gasteiger partial charge on any atom is 0.256 e. The van der Waals surface area contributed by atoms with Crippen LogP contribution in [0.1, 0.15) is 36.1 Å². The number of aromatic nitrogens is 1. The van der Waals surface area contributed by atoms with Crippen LogP contribution in [0.25, 0.3) is 22.6 Å². The summed E-state index contributed by atoms with van der Waals surface area (Å²) in [5.41, 5.74) is 5.46. The van der Waals surface area contributed by atoms with E-state index in [1.165, 1.54) is 6.42 Å². The van der Waals surface area contributed by atoms with Gasteiger partial charge in [-0.3, -0.25) is 9.59 Å². The molecule has 2 amide bonds. The van der Waals surface area contributed by atoms with E-state index in [1.807, 2.05) is 54.3 Å². The Labute approximate surface area is 176 Å². The van der Waals surface area contributed by atoms with Crippen molar-refractivity contribution < 1.29 is 9.59 Å². The summed E-state index contributed by atoms with van der Waals surface area (Å²) in [6.45, 7) is 4.07. The fourth-order valence-electron chi connectivity index (χ4n) is 4.65. The number of fused-ring (bicyclic) bond motifs is 2. The molecule has 1 saturated heterocycles. The van der Waals surface area contributed by atoms with Gasteiger partial charge in [-0.25, -0.2) is 0 Å². The first kappa shape index (κ1) is 18.7. The summed E-state index contributed by atoms with van der Waals surface area (Å²) in [7, 11) is 0. The van der Waals surface area contributed by atoms with Crippen LogP contribution < -0.4 is 5.32 Å². The van der Waals surface area contributed by atoms with Gasteiger partial charge in [0.05, 0.1) is 0 Å². The van der Waals surface area contributed by atoms with Gasteiger partial charge in [0.1, 0.15) is 6.54 Å². The minimum Gasteiger partial charge on any atom is -0.341 e. The number of nitrogens with zero attached hydrogens (tertiary/aromatic N) is 2. The van der Waals surface area contributed by atoms with Crippen LogP contribution >= 0.6 is 0 Å². The second-order valence-corrected chi connectivity index (χ2v) is 8.10. The number of hydrogen-bond donors (Lipinski definition) is 1. The third-order valence-electron chi connectivity index (χ3n) is 6.28. The second kappa shape index (κ2) is 7.48. The molecular formula is C25H25N3O2. The van der Waals surface area contributed by atoms with E-state index in [1.54, 1.807) is 0 Å². The van der Waals surface area contributed by atoms with Crippen LogP contribution in [0.4, 0.5) is 5.69 Å². The minimum atomic E-state index is -0.0863. The van der Waals surface area contributed by atoms with E-state index in [4.69, 9.17) is 0 Å². The lowest BCUT2D eigenvalue weighted by Gasteiger charge is -2.27. The van der Waals surface area contributed by atoms with Crippen LogP contribution in [0.5, 0.6) is 0 Å². The van der Waals surface area contributed by atoms with Crippen molar-refractivity contribution in [3.05, 3.63) is 65.4 Å². The van der Waals surface area contributed by atoms with Crippen LogP contribution in [0.2, 0.25) is 0 Å². The van der Waals surface area contributed by atoms with Crippen molar-refractivity contribution in [3.8, 4) is 0 Å². The molecule has 0 spiro atoms. The van der Waals surface area contributed by atoms with Crippen molar-refractivity contribution in [2.75, 3.05) is 18.4 Å². The van der Waals surface area contributed by atoms with Gasteiger partial charge in [-0.2, -0.15) is 0 Å². The number of carbonyl (C=O) groups excluding carboxylic acids is 2. The summed E-state index contributed by atoms with van der Waals surface area (Å²) in [6.07, 6.45) is 5.35. The molecule has 0 bridgehead atoms. The van der Waals surface area contributed by atoms with Gasteiger partial charge in [-0.1, -0.05) is 36.4 Å². The summed E-state index contributed by atoms with van der Waals surface area (Å²) >= 11 is 0. The van der Waals surface area contributed by atoms with E-state index < -0.39 is 0 Å². The monoisotopic (exact) mass is 399 g/mol. The molecule has 30 heavy (non-hydrogen) atoms. The van der Waals surface area contributed by atoms with Gasteiger partial charge in [0.25, 0.3) is 5.91 Å². The van der Waals surface area contributed by atoms with Gasteiger partial charge in [-0.05, 0) is 44.4 Å². The van der Waals surface area contributed by atoms with E-state index in [-0.39, 0.29) is 11.8 Å². The fraction of sp³-hybridized carbons (Fsp3) is 0.280. The van der Waals surface area contributed by atoms with E-state index in [9.17, 15) is 9.59 Å². The molecule has 152 valence electrons. The van der Waals surface area contributed by atoms with Crippen LogP contribution in [-0.2, 0) is 16.1 Å². The molecule has 2 aliphatic rings. The van der Waals surface area contributed by atoms with Crippen molar-refractivity contribution in [2.45, 2.75) is 32.7 Å². The lowest BCUT2D eigenvalue weighted by atomic mass is 10.0. The number of para-hydroxylation sites is 2. The van der Waals surface area contributed by atoms with Crippen molar-refractivity contribution in [3.63, 3.8) is 0 Å². The molecular weight excluding hydrogens is 374 g/mol. The standard InChI is InChI=1S/C25H25N3O2/c1-17-20(15-21-18-9-3-5-11-22(18)26-25(21)30)19-10-4-6-12-23(19)28(17)16-24(29)27-13-7-2-8-14-27/h3-6,9-12,15H,2,7-8,13-14,16H2,1H3,(H,26,30)/b21-15-. The number of amides is 2. The number of likely N-dealkylation sites (tertiary alicyclic amines) is 1. The minimum absolute atomic E-state index is 0.0863. The zero-order valence-corrected chi connectivity index (χ0v) is 17.1. The van der Waals surface area contributed by atoms with E-state index in [2.05, 4.69) is 22.0 Å². The van der Waals surface area contributed by atoms with Gasteiger partial charge in [0, 0.05) is 52.1 Å². The van der Waals surface area contributed by atoms with E-state index in [0.717, 1.165) is 59.3 Å². The Morgan fingerprint density at radius 3 is 2.60 bits per heavy atom. The average Bonchev–Trinajstić information content (AvgIpc) is 3.23. The van der Waals surface area contributed by atoms with Gasteiger partial charge in [0.2, 0.25) is 5.91 Å². The van der Waals surface area contributed by atoms with Gasteiger partial charge in [0.15, 0.2) is 0 Å². The molecule has 5 heteroatoms. The lowest BCUT2D eigenvalue weighted by Crippen LogP contribution is -2.37. The first-order valence-corrected chi connectivity index (χ1v) is 10.6.